The number of rotatable bonds is 5. The lowest BCUT2D eigenvalue weighted by molar-refractivity contribution is 0.0690. The van der Waals surface area contributed by atoms with Crippen molar-refractivity contribution in [2.24, 2.45) is 0 Å². The Morgan fingerprint density at radius 2 is 1.90 bits per heavy atom. The van der Waals surface area contributed by atoms with E-state index in [1.165, 1.54) is 18.2 Å². The van der Waals surface area contributed by atoms with E-state index in [1.54, 1.807) is 25.2 Å². The van der Waals surface area contributed by atoms with E-state index in [1.807, 2.05) is 0 Å². The highest BCUT2D eigenvalue weighted by Crippen LogP contribution is 2.15. The molecule has 0 atom stereocenters. The Morgan fingerprint density at radius 3 is 2.48 bits per heavy atom. The Bertz CT molecular complexity index is 760. The van der Waals surface area contributed by atoms with Crippen molar-refractivity contribution in [1.29, 1.82) is 0 Å². The topological polar surface area (TPSA) is 109 Å². The molecule has 8 heteroatoms. The average Bonchev–Trinajstić information content (AvgIpc) is 2.47. The molecular weight excluding hydrogens is 294 g/mol. The fourth-order valence-corrected chi connectivity index (χ4v) is 2.89. The van der Waals surface area contributed by atoms with Crippen LogP contribution in [0.25, 0.3) is 0 Å². The summed E-state index contributed by atoms with van der Waals surface area (Å²) in [6.07, 6.45) is 0. The van der Waals surface area contributed by atoms with Gasteiger partial charge in [0, 0.05) is 13.1 Å². The Hall–Kier alpha value is -2.48. The number of nitrogens with zero attached hydrogens (tertiary/aromatic N) is 2. The lowest BCUT2D eigenvalue weighted by atomic mass is 10.4. The van der Waals surface area contributed by atoms with E-state index in [0.717, 1.165) is 0 Å². The number of carboxylic acid groups (broad SMARTS) is 1. The third kappa shape index (κ3) is 3.54. The van der Waals surface area contributed by atoms with E-state index in [4.69, 9.17) is 5.11 Å². The first-order valence-electron chi connectivity index (χ1n) is 5.99. The van der Waals surface area contributed by atoms with Crippen LogP contribution in [0.15, 0.2) is 41.3 Å². The minimum Gasteiger partial charge on any atom is -0.477 e. The van der Waals surface area contributed by atoms with Gasteiger partial charge in [0.1, 0.15) is 17.4 Å². The molecule has 0 amide bonds. The SMILES string of the molecule is CNc1cc(C(=O)O)nc(CS(=O)(=O)c2ccccc2)n1. The second kappa shape index (κ2) is 5.88. The van der Waals surface area contributed by atoms with Crippen LogP contribution in [0.2, 0.25) is 0 Å². The van der Waals surface area contributed by atoms with E-state index in [0.29, 0.717) is 0 Å². The minimum absolute atomic E-state index is 0.0666. The quantitative estimate of drug-likeness (QED) is 0.853. The van der Waals surface area contributed by atoms with E-state index in [2.05, 4.69) is 15.3 Å². The van der Waals surface area contributed by atoms with Gasteiger partial charge in [0.2, 0.25) is 0 Å². The van der Waals surface area contributed by atoms with Gasteiger partial charge in [-0.1, -0.05) is 18.2 Å². The van der Waals surface area contributed by atoms with Gasteiger partial charge in [-0.25, -0.2) is 23.2 Å². The number of anilines is 1. The second-order valence-electron chi connectivity index (χ2n) is 4.18. The fourth-order valence-electron chi connectivity index (χ4n) is 1.68. The lowest BCUT2D eigenvalue weighted by Crippen LogP contribution is -2.12. The molecule has 0 aliphatic rings. The predicted molar refractivity (Wildman–Crippen MR) is 75.9 cm³/mol. The van der Waals surface area contributed by atoms with Gasteiger partial charge in [-0.2, -0.15) is 0 Å². The van der Waals surface area contributed by atoms with Crippen LogP contribution in [0.4, 0.5) is 5.82 Å². The highest BCUT2D eigenvalue weighted by molar-refractivity contribution is 7.90. The summed E-state index contributed by atoms with van der Waals surface area (Å²) >= 11 is 0. The van der Waals surface area contributed by atoms with Crippen LogP contribution >= 0.6 is 0 Å². The molecule has 0 aliphatic heterocycles. The molecule has 2 rings (SSSR count). The maximum atomic E-state index is 12.2. The number of carbonyl (C=O) groups is 1. The number of carboxylic acids is 1. The summed E-state index contributed by atoms with van der Waals surface area (Å²) in [6, 6.07) is 9.10. The number of nitrogens with one attached hydrogen (secondary N) is 1. The number of benzene rings is 1. The van der Waals surface area contributed by atoms with E-state index in [-0.39, 0.29) is 22.2 Å². The summed E-state index contributed by atoms with van der Waals surface area (Å²) in [5.41, 5.74) is -0.257. The standard InChI is InChI=1S/C13H13N3O4S/c1-14-11-7-10(13(17)18)15-12(16-11)8-21(19,20)9-5-3-2-4-6-9/h2-7H,8H2,1H3,(H,17,18)(H,14,15,16). The van der Waals surface area contributed by atoms with Gasteiger partial charge in [0.15, 0.2) is 15.5 Å². The second-order valence-corrected chi connectivity index (χ2v) is 6.17. The maximum Gasteiger partial charge on any atom is 0.354 e. The van der Waals surface area contributed by atoms with Gasteiger partial charge in [0.25, 0.3) is 0 Å². The predicted octanol–water partition coefficient (Wildman–Crippen LogP) is 1.19. The summed E-state index contributed by atoms with van der Waals surface area (Å²) in [4.78, 5) is 18.9. The smallest absolute Gasteiger partial charge is 0.354 e. The zero-order chi connectivity index (χ0) is 15.5. The zero-order valence-corrected chi connectivity index (χ0v) is 12.0. The molecule has 0 saturated carbocycles. The average molecular weight is 307 g/mol. The van der Waals surface area contributed by atoms with Crippen molar-refractivity contribution in [3.8, 4) is 0 Å². The maximum absolute atomic E-state index is 12.2. The summed E-state index contributed by atoms with van der Waals surface area (Å²) in [5.74, 6) is -1.52. The monoisotopic (exact) mass is 307 g/mol. The molecule has 21 heavy (non-hydrogen) atoms. The van der Waals surface area contributed by atoms with Crippen LogP contribution in [-0.2, 0) is 15.6 Å². The van der Waals surface area contributed by atoms with Crippen molar-refractivity contribution in [2.75, 3.05) is 12.4 Å². The molecule has 110 valence electrons. The largest absolute Gasteiger partial charge is 0.477 e. The van der Waals surface area contributed by atoms with Crippen LogP contribution < -0.4 is 5.32 Å². The van der Waals surface area contributed by atoms with E-state index in [9.17, 15) is 13.2 Å². The number of sulfone groups is 1. The number of aromatic carboxylic acids is 1. The highest BCUT2D eigenvalue weighted by atomic mass is 32.2. The molecule has 2 aromatic rings. The minimum atomic E-state index is -3.63. The fraction of sp³-hybridized carbons (Fsp3) is 0.154. The van der Waals surface area contributed by atoms with Crippen molar-refractivity contribution < 1.29 is 18.3 Å². The van der Waals surface area contributed by atoms with Crippen LogP contribution in [0, 0.1) is 0 Å². The Morgan fingerprint density at radius 1 is 1.24 bits per heavy atom. The highest BCUT2D eigenvalue weighted by Gasteiger charge is 2.19. The molecule has 1 aromatic carbocycles. The van der Waals surface area contributed by atoms with Crippen LogP contribution in [0.3, 0.4) is 0 Å². The summed E-state index contributed by atoms with van der Waals surface area (Å²) < 4.78 is 24.5. The summed E-state index contributed by atoms with van der Waals surface area (Å²) in [7, 11) is -2.07. The Labute approximate surface area is 121 Å². The Balaban J connectivity index is 2.39. The van der Waals surface area contributed by atoms with E-state index < -0.39 is 21.6 Å². The first kappa shape index (κ1) is 14.9. The molecule has 2 N–H and O–H groups in total. The van der Waals surface area contributed by atoms with Crippen molar-refractivity contribution in [1.82, 2.24) is 9.97 Å². The number of hydrogen-bond donors (Lipinski definition) is 2. The van der Waals surface area contributed by atoms with Crippen LogP contribution in [0.1, 0.15) is 16.3 Å². The molecular formula is C13H13N3O4S. The van der Waals surface area contributed by atoms with Gasteiger partial charge < -0.3 is 10.4 Å². The van der Waals surface area contributed by atoms with Crippen molar-refractivity contribution in [2.45, 2.75) is 10.6 Å². The first-order valence-corrected chi connectivity index (χ1v) is 7.64. The molecule has 0 radical (unpaired) electrons. The Kier molecular flexibility index (Phi) is 4.18. The van der Waals surface area contributed by atoms with Gasteiger partial charge in [0.05, 0.1) is 4.90 Å². The molecule has 0 bridgehead atoms. The van der Waals surface area contributed by atoms with Crippen LogP contribution in [-0.4, -0.2) is 36.5 Å². The third-order valence-corrected chi connectivity index (χ3v) is 4.30. The molecule has 1 aromatic heterocycles. The number of hydrogen-bond acceptors (Lipinski definition) is 6. The summed E-state index contributed by atoms with van der Waals surface area (Å²) in [6.45, 7) is 0. The van der Waals surface area contributed by atoms with Crippen molar-refractivity contribution >= 4 is 21.6 Å². The van der Waals surface area contributed by atoms with Gasteiger partial charge in [-0.05, 0) is 12.1 Å². The normalized spacial score (nSPS) is 11.1. The number of aromatic nitrogens is 2. The molecule has 7 nitrogen and oxygen atoms in total. The molecule has 0 spiro atoms. The van der Waals surface area contributed by atoms with Gasteiger partial charge in [-0.15, -0.1) is 0 Å². The molecule has 1 heterocycles. The van der Waals surface area contributed by atoms with Crippen molar-refractivity contribution in [3.05, 3.63) is 47.9 Å². The van der Waals surface area contributed by atoms with Gasteiger partial charge >= 0.3 is 5.97 Å². The summed E-state index contributed by atoms with van der Waals surface area (Å²) in [5, 5.41) is 11.7. The molecule has 0 aliphatic carbocycles. The molecule has 0 saturated heterocycles. The van der Waals surface area contributed by atoms with Crippen molar-refractivity contribution in [3.63, 3.8) is 0 Å². The molecule has 0 fully saturated rings. The first-order chi connectivity index (χ1) is 9.92. The van der Waals surface area contributed by atoms with E-state index >= 15 is 0 Å². The zero-order valence-electron chi connectivity index (χ0n) is 11.1. The van der Waals surface area contributed by atoms with Crippen LogP contribution in [0.5, 0.6) is 0 Å². The molecule has 0 unspecified atom stereocenters. The third-order valence-electron chi connectivity index (χ3n) is 2.67. The lowest BCUT2D eigenvalue weighted by Gasteiger charge is -2.06. The van der Waals surface area contributed by atoms with Gasteiger partial charge in [-0.3, -0.25) is 0 Å².